The molecular formula is C11H9BO3. The molecule has 4 heteroatoms. The van der Waals surface area contributed by atoms with E-state index in [-0.39, 0.29) is 0 Å². The van der Waals surface area contributed by atoms with E-state index in [9.17, 15) is 4.79 Å². The second kappa shape index (κ2) is 4.15. The average Bonchev–Trinajstić information content (AvgIpc) is 2.29. The second-order valence-electron chi connectivity index (χ2n) is 3.12. The molecule has 0 spiro atoms. The summed E-state index contributed by atoms with van der Waals surface area (Å²) in [6, 6.07) is 13.0. The molecule has 0 saturated carbocycles. The fourth-order valence-electron chi connectivity index (χ4n) is 1.46. The third-order valence-corrected chi connectivity index (χ3v) is 2.18. The second-order valence-corrected chi connectivity index (χ2v) is 3.12. The fraction of sp³-hybridized carbons (Fsp3) is 0. The molecular weight excluding hydrogens is 191 g/mol. The molecule has 74 valence electrons. The zero-order chi connectivity index (χ0) is 10.7. The van der Waals surface area contributed by atoms with Crippen molar-refractivity contribution in [1.29, 1.82) is 0 Å². The van der Waals surface area contributed by atoms with Crippen LogP contribution in [0, 0.1) is 0 Å². The highest BCUT2D eigenvalue weighted by Crippen LogP contribution is 2.15. The first-order valence-electron chi connectivity index (χ1n) is 4.58. The highest BCUT2D eigenvalue weighted by Gasteiger charge is 2.06. The Balaban J connectivity index is 2.42. The van der Waals surface area contributed by atoms with Crippen LogP contribution in [-0.4, -0.2) is 18.7 Å². The third-order valence-electron chi connectivity index (χ3n) is 2.18. The van der Waals surface area contributed by atoms with Crippen LogP contribution in [0.1, 0.15) is 10.4 Å². The molecule has 2 aromatic rings. The molecule has 2 aromatic carbocycles. The Labute approximate surface area is 87.6 Å². The van der Waals surface area contributed by atoms with Gasteiger partial charge in [0.2, 0.25) is 0 Å². The Kier molecular flexibility index (Phi) is 2.69. The van der Waals surface area contributed by atoms with Gasteiger partial charge in [-0.25, -0.2) is 4.79 Å². The zero-order valence-electron chi connectivity index (χ0n) is 8.01. The highest BCUT2D eigenvalue weighted by molar-refractivity contribution is 6.22. The molecule has 0 aliphatic heterocycles. The topological polar surface area (TPSA) is 46.5 Å². The number of carbonyl (C=O) groups excluding carboxylic acids is 1. The molecule has 0 fully saturated rings. The molecule has 3 nitrogen and oxygen atoms in total. The van der Waals surface area contributed by atoms with E-state index in [0.29, 0.717) is 5.56 Å². The number of hydrogen-bond donors (Lipinski definition) is 1. The van der Waals surface area contributed by atoms with Crippen molar-refractivity contribution in [2.45, 2.75) is 0 Å². The van der Waals surface area contributed by atoms with Crippen LogP contribution < -0.4 is 0 Å². The zero-order valence-corrected chi connectivity index (χ0v) is 8.01. The summed E-state index contributed by atoms with van der Waals surface area (Å²) in [4.78, 5) is 11.3. The van der Waals surface area contributed by atoms with Crippen LogP contribution in [0.5, 0.6) is 0 Å². The SMILES string of the molecule is O=C(OBO)c1ccc2ccccc2c1. The van der Waals surface area contributed by atoms with Gasteiger partial charge in [0.25, 0.3) is 0 Å². The normalized spacial score (nSPS) is 9.93. The minimum atomic E-state index is -0.592. The molecule has 0 saturated heterocycles. The highest BCUT2D eigenvalue weighted by atomic mass is 16.6. The molecule has 0 unspecified atom stereocenters. The molecule has 0 bridgehead atoms. The van der Waals surface area contributed by atoms with Gasteiger partial charge >= 0.3 is 13.7 Å². The smallest absolute Gasteiger partial charge is 0.506 e. The number of hydrogen-bond acceptors (Lipinski definition) is 3. The summed E-state index contributed by atoms with van der Waals surface area (Å²) in [6.07, 6.45) is 0. The molecule has 0 atom stereocenters. The van der Waals surface area contributed by atoms with Crippen molar-refractivity contribution >= 4 is 24.4 Å². The fourth-order valence-corrected chi connectivity index (χ4v) is 1.46. The first kappa shape index (κ1) is 9.74. The Morgan fingerprint density at radius 1 is 1.13 bits per heavy atom. The van der Waals surface area contributed by atoms with Gasteiger partial charge in [-0.05, 0) is 22.9 Å². The van der Waals surface area contributed by atoms with Crippen LogP contribution >= 0.6 is 0 Å². The lowest BCUT2D eigenvalue weighted by molar-refractivity contribution is 0.0719. The Hall–Kier alpha value is -1.81. The van der Waals surface area contributed by atoms with Gasteiger partial charge in [-0.1, -0.05) is 30.3 Å². The third kappa shape index (κ3) is 2.00. The van der Waals surface area contributed by atoms with Gasteiger partial charge in [0, 0.05) is 0 Å². The monoisotopic (exact) mass is 200 g/mol. The molecule has 0 amide bonds. The largest absolute Gasteiger partial charge is 0.509 e. The minimum Gasteiger partial charge on any atom is -0.509 e. The summed E-state index contributed by atoms with van der Waals surface area (Å²) in [5.41, 5.74) is 0.447. The molecule has 0 aliphatic rings. The maximum atomic E-state index is 11.3. The standard InChI is InChI=1S/C11H9BO3/c13-11(15-12-14)10-6-5-8-3-1-2-4-9(8)7-10/h1-7,12,14H. The summed E-state index contributed by atoms with van der Waals surface area (Å²) < 4.78 is 4.49. The number of fused-ring (bicyclic) bond motifs is 1. The lowest BCUT2D eigenvalue weighted by atomic mass is 10.1. The van der Waals surface area contributed by atoms with Crippen molar-refractivity contribution in [1.82, 2.24) is 0 Å². The predicted octanol–water partition coefficient (Wildman–Crippen LogP) is 1.26. The Morgan fingerprint density at radius 3 is 2.60 bits per heavy atom. The van der Waals surface area contributed by atoms with Gasteiger partial charge in [0.05, 0.1) is 5.56 Å². The summed E-state index contributed by atoms with van der Waals surface area (Å²) in [7, 11) is -0.592. The van der Waals surface area contributed by atoms with Crippen LogP contribution in [0.2, 0.25) is 0 Å². The molecule has 0 radical (unpaired) electrons. The molecule has 2 rings (SSSR count). The van der Waals surface area contributed by atoms with Crippen LogP contribution in [0.4, 0.5) is 0 Å². The van der Waals surface area contributed by atoms with Crippen molar-refractivity contribution in [3.8, 4) is 0 Å². The van der Waals surface area contributed by atoms with E-state index in [4.69, 9.17) is 5.02 Å². The van der Waals surface area contributed by atoms with Crippen molar-refractivity contribution in [3.63, 3.8) is 0 Å². The predicted molar refractivity (Wildman–Crippen MR) is 58.7 cm³/mol. The summed E-state index contributed by atoms with van der Waals surface area (Å²) in [5.74, 6) is -0.511. The van der Waals surface area contributed by atoms with Crippen LogP contribution in [-0.2, 0) is 4.65 Å². The van der Waals surface area contributed by atoms with E-state index in [1.807, 2.05) is 30.3 Å². The van der Waals surface area contributed by atoms with Crippen molar-refractivity contribution in [3.05, 3.63) is 48.0 Å². The van der Waals surface area contributed by atoms with Gasteiger partial charge in [0.1, 0.15) is 0 Å². The first-order valence-corrected chi connectivity index (χ1v) is 4.58. The minimum absolute atomic E-state index is 0.447. The summed E-state index contributed by atoms with van der Waals surface area (Å²) >= 11 is 0. The molecule has 15 heavy (non-hydrogen) atoms. The van der Waals surface area contributed by atoms with Crippen molar-refractivity contribution in [2.24, 2.45) is 0 Å². The van der Waals surface area contributed by atoms with Crippen LogP contribution in [0.25, 0.3) is 10.8 Å². The number of carbonyl (C=O) groups is 1. The van der Waals surface area contributed by atoms with E-state index in [0.717, 1.165) is 10.8 Å². The van der Waals surface area contributed by atoms with Crippen LogP contribution in [0.15, 0.2) is 42.5 Å². The van der Waals surface area contributed by atoms with Gasteiger partial charge in [0.15, 0.2) is 0 Å². The Morgan fingerprint density at radius 2 is 1.87 bits per heavy atom. The number of benzene rings is 2. The van der Waals surface area contributed by atoms with Gasteiger partial charge in [-0.3, -0.25) is 0 Å². The van der Waals surface area contributed by atoms with Gasteiger partial charge in [-0.15, -0.1) is 0 Å². The van der Waals surface area contributed by atoms with Gasteiger partial charge < -0.3 is 9.68 Å². The van der Waals surface area contributed by atoms with E-state index in [1.165, 1.54) is 0 Å². The molecule has 0 heterocycles. The van der Waals surface area contributed by atoms with Crippen LogP contribution in [0.3, 0.4) is 0 Å². The van der Waals surface area contributed by atoms with E-state index in [2.05, 4.69) is 4.65 Å². The maximum Gasteiger partial charge on any atom is 0.506 e. The molecule has 1 N–H and O–H groups in total. The van der Waals surface area contributed by atoms with Crippen molar-refractivity contribution < 1.29 is 14.5 Å². The summed E-state index contributed by atoms with van der Waals surface area (Å²) in [6.45, 7) is 0. The van der Waals surface area contributed by atoms with Crippen molar-refractivity contribution in [2.75, 3.05) is 0 Å². The number of rotatable bonds is 2. The lowest BCUT2D eigenvalue weighted by Gasteiger charge is -2.02. The quantitative estimate of drug-likeness (QED) is 0.742. The molecule has 0 aromatic heterocycles. The van der Waals surface area contributed by atoms with E-state index >= 15 is 0 Å². The first-order chi connectivity index (χ1) is 7.31. The average molecular weight is 200 g/mol. The Bertz CT molecular complexity index is 496. The summed E-state index contributed by atoms with van der Waals surface area (Å²) in [5, 5.41) is 10.5. The van der Waals surface area contributed by atoms with Gasteiger partial charge in [-0.2, -0.15) is 0 Å². The molecule has 0 aliphatic carbocycles. The van der Waals surface area contributed by atoms with E-state index < -0.39 is 13.7 Å². The maximum absolute atomic E-state index is 11.3. The lowest BCUT2D eigenvalue weighted by Crippen LogP contribution is -2.08. The van der Waals surface area contributed by atoms with E-state index in [1.54, 1.807) is 12.1 Å².